The molecular weight excluding hydrogens is 308 g/mol. The molecule has 1 aromatic heterocycles. The lowest BCUT2D eigenvalue weighted by atomic mass is 10.2. The third-order valence-corrected chi connectivity index (χ3v) is 2.59. The maximum Gasteiger partial charge on any atom is 0.342 e. The Morgan fingerprint density at radius 3 is 2.91 bits per heavy atom. The maximum atomic E-state index is 11.6. The second-order valence-electron chi connectivity index (χ2n) is 4.28. The van der Waals surface area contributed by atoms with Crippen molar-refractivity contribution >= 4 is 17.8 Å². The molecule has 0 saturated heterocycles. The number of carbonyl (C=O) groups excluding carboxylic acids is 1. The lowest BCUT2D eigenvalue weighted by molar-refractivity contribution is -0.384. The number of nitro groups is 1. The number of hydrogen-bond acceptors (Lipinski definition) is 7. The van der Waals surface area contributed by atoms with Gasteiger partial charge in [0.25, 0.3) is 11.2 Å². The second-order valence-corrected chi connectivity index (χ2v) is 4.28. The van der Waals surface area contributed by atoms with Crippen LogP contribution in [0.3, 0.4) is 0 Å². The summed E-state index contributed by atoms with van der Waals surface area (Å²) in [5, 5.41) is 19.7. The van der Waals surface area contributed by atoms with Gasteiger partial charge in [0.1, 0.15) is 5.69 Å². The lowest BCUT2D eigenvalue weighted by Crippen LogP contribution is -2.31. The van der Waals surface area contributed by atoms with Gasteiger partial charge in [0.2, 0.25) is 5.91 Å². The Morgan fingerprint density at radius 1 is 1.43 bits per heavy atom. The number of hydrazone groups is 1. The van der Waals surface area contributed by atoms with Crippen molar-refractivity contribution in [3.05, 3.63) is 66.5 Å². The number of hydrogen-bond donors (Lipinski definition) is 3. The van der Waals surface area contributed by atoms with E-state index in [-0.39, 0.29) is 11.4 Å². The smallest absolute Gasteiger partial charge is 0.273 e. The highest BCUT2D eigenvalue weighted by Gasteiger charge is 2.08. The SMILES string of the molecule is O=C(Cc1n[nH]c(=O)[nH]c1=O)NN=Cc1cccc([N+](=O)[O-])c1. The Morgan fingerprint density at radius 2 is 2.22 bits per heavy atom. The third-order valence-electron chi connectivity index (χ3n) is 2.59. The van der Waals surface area contributed by atoms with E-state index >= 15 is 0 Å². The van der Waals surface area contributed by atoms with Crippen LogP contribution in [0.15, 0.2) is 39.0 Å². The Hall–Kier alpha value is -3.63. The van der Waals surface area contributed by atoms with Crippen LogP contribution in [0.25, 0.3) is 0 Å². The van der Waals surface area contributed by atoms with Crippen LogP contribution in [-0.2, 0) is 11.2 Å². The largest absolute Gasteiger partial charge is 0.342 e. The van der Waals surface area contributed by atoms with E-state index in [9.17, 15) is 24.5 Å². The molecule has 2 rings (SSSR count). The highest BCUT2D eigenvalue weighted by molar-refractivity contribution is 5.83. The fraction of sp³-hybridized carbons (Fsp3) is 0.0833. The number of non-ortho nitro benzene ring substituents is 1. The van der Waals surface area contributed by atoms with Gasteiger partial charge in [0.15, 0.2) is 0 Å². The molecule has 0 radical (unpaired) electrons. The van der Waals surface area contributed by atoms with Crippen LogP contribution in [-0.4, -0.2) is 32.2 Å². The van der Waals surface area contributed by atoms with Crippen molar-refractivity contribution in [2.45, 2.75) is 6.42 Å². The third kappa shape index (κ3) is 4.42. The summed E-state index contributed by atoms with van der Waals surface area (Å²) in [6.07, 6.45) is 0.827. The Labute approximate surface area is 127 Å². The zero-order valence-corrected chi connectivity index (χ0v) is 11.5. The van der Waals surface area contributed by atoms with Gasteiger partial charge in [-0.1, -0.05) is 12.1 Å². The molecule has 2 aromatic rings. The molecule has 0 aliphatic carbocycles. The number of amides is 1. The normalized spacial score (nSPS) is 10.6. The molecule has 0 aliphatic rings. The van der Waals surface area contributed by atoms with Crippen LogP contribution in [0.4, 0.5) is 5.69 Å². The lowest BCUT2D eigenvalue weighted by Gasteiger charge is -1.98. The van der Waals surface area contributed by atoms with Gasteiger partial charge >= 0.3 is 5.69 Å². The Bertz CT molecular complexity index is 884. The molecule has 1 aromatic carbocycles. The quantitative estimate of drug-likeness (QED) is 0.366. The monoisotopic (exact) mass is 318 g/mol. The zero-order chi connectivity index (χ0) is 16.8. The first kappa shape index (κ1) is 15.8. The van der Waals surface area contributed by atoms with Crippen LogP contribution < -0.4 is 16.7 Å². The number of aromatic nitrogens is 3. The molecule has 0 aliphatic heterocycles. The predicted octanol–water partition coefficient (Wildman–Crippen LogP) is -0.941. The summed E-state index contributed by atoms with van der Waals surface area (Å²) in [5.41, 5.74) is 0.735. The maximum absolute atomic E-state index is 11.6. The molecule has 1 heterocycles. The van der Waals surface area contributed by atoms with Gasteiger partial charge in [-0.3, -0.25) is 24.7 Å². The molecule has 0 spiro atoms. The van der Waals surface area contributed by atoms with Gasteiger partial charge in [-0.2, -0.15) is 10.2 Å². The van der Waals surface area contributed by atoms with Crippen molar-refractivity contribution in [1.82, 2.24) is 20.6 Å². The van der Waals surface area contributed by atoms with Crippen LogP contribution in [0.5, 0.6) is 0 Å². The molecule has 0 unspecified atom stereocenters. The molecule has 0 fully saturated rings. The average Bonchev–Trinajstić information content (AvgIpc) is 2.50. The summed E-state index contributed by atoms with van der Waals surface area (Å²) in [7, 11) is 0. The highest BCUT2D eigenvalue weighted by Crippen LogP contribution is 2.11. The van der Waals surface area contributed by atoms with Gasteiger partial charge in [0, 0.05) is 17.7 Å². The van der Waals surface area contributed by atoms with Crippen LogP contribution >= 0.6 is 0 Å². The van der Waals surface area contributed by atoms with Crippen LogP contribution in [0.1, 0.15) is 11.3 Å². The van der Waals surface area contributed by atoms with E-state index in [0.29, 0.717) is 5.56 Å². The van der Waals surface area contributed by atoms with E-state index in [1.54, 1.807) is 6.07 Å². The molecule has 1 amide bonds. The molecule has 0 atom stereocenters. The summed E-state index contributed by atoms with van der Waals surface area (Å²) in [6.45, 7) is 0. The number of aromatic amines is 2. The minimum atomic E-state index is -0.775. The first-order chi connectivity index (χ1) is 11.0. The van der Waals surface area contributed by atoms with Gasteiger partial charge in [0.05, 0.1) is 17.6 Å². The van der Waals surface area contributed by atoms with Crippen molar-refractivity contribution in [2.75, 3.05) is 0 Å². The standard InChI is InChI=1S/C12H10N6O5/c19-10(5-9-11(20)14-12(21)17-15-9)16-13-6-7-2-1-3-8(4-7)18(22)23/h1-4,6H,5H2,(H,16,19)(H2,14,17,20,21). The fourth-order valence-corrected chi connectivity index (χ4v) is 1.58. The van der Waals surface area contributed by atoms with Crippen molar-refractivity contribution in [3.8, 4) is 0 Å². The molecule has 0 bridgehead atoms. The summed E-state index contributed by atoms with van der Waals surface area (Å²) >= 11 is 0. The zero-order valence-electron chi connectivity index (χ0n) is 11.5. The van der Waals surface area contributed by atoms with Gasteiger partial charge in [-0.15, -0.1) is 0 Å². The van der Waals surface area contributed by atoms with Gasteiger partial charge in [-0.05, 0) is 0 Å². The van der Waals surface area contributed by atoms with E-state index in [1.165, 1.54) is 24.4 Å². The number of H-pyrrole nitrogens is 2. The Balaban J connectivity index is 1.98. The van der Waals surface area contributed by atoms with Crippen LogP contribution in [0.2, 0.25) is 0 Å². The van der Waals surface area contributed by atoms with Crippen molar-refractivity contribution in [2.24, 2.45) is 5.10 Å². The summed E-state index contributed by atoms with van der Waals surface area (Å²) in [4.78, 5) is 45.7. The molecule has 23 heavy (non-hydrogen) atoms. The predicted molar refractivity (Wildman–Crippen MR) is 78.0 cm³/mol. The van der Waals surface area contributed by atoms with Crippen molar-refractivity contribution in [1.29, 1.82) is 0 Å². The Kier molecular flexibility index (Phi) is 4.72. The van der Waals surface area contributed by atoms with E-state index in [2.05, 4.69) is 15.6 Å². The van der Waals surface area contributed by atoms with E-state index in [0.717, 1.165) is 0 Å². The average molecular weight is 318 g/mol. The molecule has 11 nitrogen and oxygen atoms in total. The molecule has 3 N–H and O–H groups in total. The summed E-state index contributed by atoms with van der Waals surface area (Å²) in [5.74, 6) is -0.642. The number of carbonyl (C=O) groups is 1. The minimum absolute atomic E-state index is 0.107. The fourth-order valence-electron chi connectivity index (χ4n) is 1.58. The highest BCUT2D eigenvalue weighted by atomic mass is 16.6. The summed E-state index contributed by atoms with van der Waals surface area (Å²) < 4.78 is 0. The number of nitro benzene ring substituents is 1. The molecule has 118 valence electrons. The van der Waals surface area contributed by atoms with E-state index < -0.39 is 28.5 Å². The van der Waals surface area contributed by atoms with Gasteiger partial charge in [-0.25, -0.2) is 15.3 Å². The number of benzene rings is 1. The molecule has 0 saturated carbocycles. The van der Waals surface area contributed by atoms with E-state index in [1.807, 2.05) is 10.1 Å². The first-order valence-corrected chi connectivity index (χ1v) is 6.20. The van der Waals surface area contributed by atoms with Crippen LogP contribution in [0, 0.1) is 10.1 Å². The second kappa shape index (κ2) is 6.89. The number of nitrogens with zero attached hydrogens (tertiary/aromatic N) is 3. The minimum Gasteiger partial charge on any atom is -0.273 e. The number of nitrogens with one attached hydrogen (secondary N) is 3. The molecular formula is C12H10N6O5. The molecule has 11 heteroatoms. The number of rotatable bonds is 5. The van der Waals surface area contributed by atoms with Gasteiger partial charge < -0.3 is 0 Å². The topological polar surface area (TPSA) is 163 Å². The van der Waals surface area contributed by atoms with Crippen molar-refractivity contribution < 1.29 is 9.72 Å². The van der Waals surface area contributed by atoms with Crippen molar-refractivity contribution in [3.63, 3.8) is 0 Å². The summed E-state index contributed by atoms with van der Waals surface area (Å²) in [6, 6.07) is 5.65. The first-order valence-electron chi connectivity index (χ1n) is 6.20. The van der Waals surface area contributed by atoms with E-state index in [4.69, 9.17) is 0 Å².